The zero-order valence-electron chi connectivity index (χ0n) is 26.4. The van der Waals surface area contributed by atoms with Gasteiger partial charge < -0.3 is 19.9 Å². The number of para-hydroxylation sites is 1. The number of carbonyl (C=O) groups is 2. The molecule has 0 spiro atoms. The Bertz CT molecular complexity index is 2030. The second-order valence-electron chi connectivity index (χ2n) is 11.3. The number of carbonyl (C=O) groups excluding carboxylic acids is 2. The van der Waals surface area contributed by atoms with Crippen molar-refractivity contribution in [1.29, 1.82) is 5.26 Å². The number of fused-ring (bicyclic) bond motifs is 1. The van der Waals surface area contributed by atoms with E-state index >= 15 is 0 Å². The molecule has 0 radical (unpaired) electrons. The molecule has 3 heterocycles. The number of rotatable bonds is 9. The van der Waals surface area contributed by atoms with E-state index in [2.05, 4.69) is 20.7 Å². The molecular formula is C34H32F3N7O4. The van der Waals surface area contributed by atoms with Gasteiger partial charge in [-0.15, -0.1) is 5.10 Å². The van der Waals surface area contributed by atoms with Crippen LogP contribution in [0.2, 0.25) is 0 Å². The molecule has 1 aliphatic heterocycles. The number of nitriles is 1. The lowest BCUT2D eigenvalue weighted by atomic mass is 10.0. The Labute approximate surface area is 273 Å². The van der Waals surface area contributed by atoms with Crippen LogP contribution in [0, 0.1) is 17.2 Å². The first kappa shape index (κ1) is 33.8. The molecule has 5 rings (SSSR count). The number of anilines is 2. The van der Waals surface area contributed by atoms with Crippen molar-refractivity contribution in [1.82, 2.24) is 19.2 Å². The summed E-state index contributed by atoms with van der Waals surface area (Å²) in [4.78, 5) is 45.4. The first-order chi connectivity index (χ1) is 22.9. The lowest BCUT2D eigenvalue weighted by Gasteiger charge is -2.19. The molecule has 1 aliphatic rings. The SMILES string of the molecule is CCc1c(-c2ccccc2NC(=O)/C(C#N)=C\C(C)C)c(=O)n2nc(C3=CCOCC3)nc2n1CC(=O)Nc1ccc(C(F)(F)F)cc1. The number of alkyl halides is 3. The predicted octanol–water partition coefficient (Wildman–Crippen LogP) is 5.63. The van der Waals surface area contributed by atoms with Crippen LogP contribution in [-0.4, -0.2) is 44.2 Å². The number of allylic oxidation sites excluding steroid dienone is 1. The van der Waals surface area contributed by atoms with Gasteiger partial charge in [-0.1, -0.05) is 51.1 Å². The van der Waals surface area contributed by atoms with Gasteiger partial charge in [0.2, 0.25) is 11.7 Å². The maximum Gasteiger partial charge on any atom is 0.416 e. The van der Waals surface area contributed by atoms with Gasteiger partial charge in [0.15, 0.2) is 5.82 Å². The molecule has 0 saturated carbocycles. The summed E-state index contributed by atoms with van der Waals surface area (Å²) in [6.45, 7) is 5.87. The van der Waals surface area contributed by atoms with Crippen LogP contribution in [-0.2, 0) is 33.5 Å². The highest BCUT2D eigenvalue weighted by atomic mass is 19.4. The quantitative estimate of drug-likeness (QED) is 0.175. The second-order valence-corrected chi connectivity index (χ2v) is 11.3. The fourth-order valence-corrected chi connectivity index (χ4v) is 5.35. The smallest absolute Gasteiger partial charge is 0.377 e. The summed E-state index contributed by atoms with van der Waals surface area (Å²) in [5.74, 6) is -0.939. The molecule has 0 bridgehead atoms. The molecule has 0 fully saturated rings. The Kier molecular flexibility index (Phi) is 9.90. The number of ether oxygens (including phenoxy) is 1. The fourth-order valence-electron chi connectivity index (χ4n) is 5.35. The number of hydrogen-bond donors (Lipinski definition) is 2. The second kappa shape index (κ2) is 14.1. The zero-order valence-corrected chi connectivity index (χ0v) is 26.4. The fraction of sp³-hybridized carbons (Fsp3) is 0.294. The molecule has 2 aromatic heterocycles. The topological polar surface area (TPSA) is 143 Å². The van der Waals surface area contributed by atoms with E-state index in [4.69, 9.17) is 4.74 Å². The molecule has 11 nitrogen and oxygen atoms in total. The lowest BCUT2D eigenvalue weighted by Crippen LogP contribution is -2.29. The van der Waals surface area contributed by atoms with Crippen molar-refractivity contribution < 1.29 is 27.5 Å². The van der Waals surface area contributed by atoms with Gasteiger partial charge in [0.25, 0.3) is 11.5 Å². The predicted molar refractivity (Wildman–Crippen MR) is 173 cm³/mol. The van der Waals surface area contributed by atoms with Crippen molar-refractivity contribution >= 4 is 34.5 Å². The highest BCUT2D eigenvalue weighted by Gasteiger charge is 2.30. The Morgan fingerprint density at radius 2 is 1.85 bits per heavy atom. The average Bonchev–Trinajstić information content (AvgIpc) is 3.51. The molecule has 14 heteroatoms. The van der Waals surface area contributed by atoms with E-state index in [1.807, 2.05) is 26.0 Å². The number of benzene rings is 2. The minimum Gasteiger partial charge on any atom is -0.377 e. The molecule has 248 valence electrons. The summed E-state index contributed by atoms with van der Waals surface area (Å²) in [7, 11) is 0. The van der Waals surface area contributed by atoms with Gasteiger partial charge in [0.1, 0.15) is 18.2 Å². The largest absolute Gasteiger partial charge is 0.416 e. The number of halogens is 3. The first-order valence-corrected chi connectivity index (χ1v) is 15.2. The minimum atomic E-state index is -4.53. The molecule has 48 heavy (non-hydrogen) atoms. The summed E-state index contributed by atoms with van der Waals surface area (Å²) in [5, 5.41) is 19.5. The van der Waals surface area contributed by atoms with Crippen LogP contribution in [0.15, 0.2) is 71.1 Å². The summed E-state index contributed by atoms with van der Waals surface area (Å²) in [5.41, 5.74) is 0.546. The number of aromatic nitrogens is 4. The van der Waals surface area contributed by atoms with Gasteiger partial charge in [-0.25, -0.2) is 0 Å². The Morgan fingerprint density at radius 3 is 2.48 bits per heavy atom. The van der Waals surface area contributed by atoms with E-state index in [9.17, 15) is 32.8 Å². The van der Waals surface area contributed by atoms with Crippen molar-refractivity contribution in [3.05, 3.63) is 93.7 Å². The van der Waals surface area contributed by atoms with Crippen molar-refractivity contribution in [2.75, 3.05) is 23.8 Å². The molecule has 4 aromatic rings. The maximum absolute atomic E-state index is 14.3. The molecule has 0 saturated heterocycles. The molecule has 0 atom stereocenters. The summed E-state index contributed by atoms with van der Waals surface area (Å²) in [6.07, 6.45) is -0.433. The van der Waals surface area contributed by atoms with E-state index in [0.29, 0.717) is 30.9 Å². The highest BCUT2D eigenvalue weighted by Crippen LogP contribution is 2.32. The zero-order chi connectivity index (χ0) is 34.6. The molecular weight excluding hydrogens is 627 g/mol. The highest BCUT2D eigenvalue weighted by molar-refractivity contribution is 6.08. The first-order valence-electron chi connectivity index (χ1n) is 15.2. The van der Waals surface area contributed by atoms with E-state index in [-0.39, 0.29) is 53.0 Å². The van der Waals surface area contributed by atoms with Crippen LogP contribution in [0.1, 0.15) is 44.3 Å². The van der Waals surface area contributed by atoms with Gasteiger partial charge in [-0.2, -0.15) is 27.9 Å². The maximum atomic E-state index is 14.3. The standard InChI is InChI=1S/C34H32F3N7O4/c1-4-27-29(25-7-5-6-8-26(25)40-31(46)22(18-38)17-20(2)3)32(47)44-33(41-30(42-44)21-13-15-48-16-14-21)43(27)19-28(45)39-24-11-9-23(10-12-24)34(35,36)37/h5-13,17,20H,4,14-16,19H2,1-3H3,(H,39,45)(H,40,46)/b22-17-. The van der Waals surface area contributed by atoms with E-state index in [1.165, 1.54) is 10.6 Å². The van der Waals surface area contributed by atoms with Crippen molar-refractivity contribution in [3.63, 3.8) is 0 Å². The van der Waals surface area contributed by atoms with Crippen LogP contribution in [0.5, 0.6) is 0 Å². The van der Waals surface area contributed by atoms with Crippen LogP contribution in [0.3, 0.4) is 0 Å². The van der Waals surface area contributed by atoms with Gasteiger partial charge >= 0.3 is 6.18 Å². The van der Waals surface area contributed by atoms with Gasteiger partial charge in [0, 0.05) is 22.6 Å². The molecule has 0 aliphatic carbocycles. The normalized spacial score (nSPS) is 13.7. The third kappa shape index (κ3) is 7.21. The number of amides is 2. The van der Waals surface area contributed by atoms with Crippen molar-refractivity contribution in [2.24, 2.45) is 5.92 Å². The lowest BCUT2D eigenvalue weighted by molar-refractivity contribution is -0.137. The van der Waals surface area contributed by atoms with Crippen LogP contribution in [0.4, 0.5) is 24.5 Å². The van der Waals surface area contributed by atoms with E-state index in [1.54, 1.807) is 31.2 Å². The van der Waals surface area contributed by atoms with Gasteiger partial charge in [0.05, 0.1) is 24.3 Å². The summed E-state index contributed by atoms with van der Waals surface area (Å²) < 4.78 is 47.3. The third-order valence-electron chi connectivity index (χ3n) is 7.54. The molecule has 2 N–H and O–H groups in total. The van der Waals surface area contributed by atoms with Crippen molar-refractivity contribution in [3.8, 4) is 17.2 Å². The summed E-state index contributed by atoms with van der Waals surface area (Å²) >= 11 is 0. The number of nitrogens with zero attached hydrogens (tertiary/aromatic N) is 5. The number of hydrogen-bond acceptors (Lipinski definition) is 7. The Morgan fingerprint density at radius 1 is 1.12 bits per heavy atom. The minimum absolute atomic E-state index is 0.0666. The molecule has 0 unspecified atom stereocenters. The van der Waals surface area contributed by atoms with Crippen LogP contribution < -0.4 is 16.2 Å². The van der Waals surface area contributed by atoms with Gasteiger partial charge in [-0.3, -0.25) is 14.4 Å². The van der Waals surface area contributed by atoms with Crippen molar-refractivity contribution in [2.45, 2.75) is 46.3 Å². The average molecular weight is 660 g/mol. The molecule has 2 aromatic carbocycles. The van der Waals surface area contributed by atoms with Crippen LogP contribution in [0.25, 0.3) is 22.5 Å². The molecule has 2 amide bonds. The Hall–Kier alpha value is -5.55. The van der Waals surface area contributed by atoms with E-state index < -0.39 is 29.1 Å². The van der Waals surface area contributed by atoms with E-state index in [0.717, 1.165) is 34.4 Å². The third-order valence-corrected chi connectivity index (χ3v) is 7.54. The Balaban J connectivity index is 1.64. The monoisotopic (exact) mass is 659 g/mol. The van der Waals surface area contributed by atoms with Crippen LogP contribution >= 0.6 is 0 Å². The van der Waals surface area contributed by atoms with Gasteiger partial charge in [-0.05, 0) is 54.7 Å². The summed E-state index contributed by atoms with van der Waals surface area (Å²) in [6, 6.07) is 12.6. The number of nitrogens with one attached hydrogen (secondary N) is 2.